The summed E-state index contributed by atoms with van der Waals surface area (Å²) < 4.78 is 22.7. The van der Waals surface area contributed by atoms with E-state index in [4.69, 9.17) is 10.9 Å². The molecule has 1 aromatic rings. The fourth-order valence-corrected chi connectivity index (χ4v) is 2.35. The summed E-state index contributed by atoms with van der Waals surface area (Å²) >= 11 is 3.16. The van der Waals surface area contributed by atoms with Crippen LogP contribution in [0.3, 0.4) is 0 Å². The molecule has 5 N–H and O–H groups in total. The summed E-state index contributed by atoms with van der Waals surface area (Å²) in [7, 11) is -3.76. The van der Waals surface area contributed by atoms with E-state index in [1.54, 1.807) is 6.92 Å². The van der Waals surface area contributed by atoms with Gasteiger partial charge >= 0.3 is 0 Å². The predicted octanol–water partition coefficient (Wildman–Crippen LogP) is 0.772. The highest BCUT2D eigenvalue weighted by Gasteiger charge is 2.14. The van der Waals surface area contributed by atoms with Gasteiger partial charge in [0.05, 0.1) is 16.6 Å². The Kier molecular flexibility index (Phi) is 4.85. The Morgan fingerprint density at radius 2 is 2.11 bits per heavy atom. The van der Waals surface area contributed by atoms with Crippen molar-refractivity contribution in [1.29, 1.82) is 0 Å². The fraction of sp³-hybridized carbons (Fsp3) is 0.300. The first-order chi connectivity index (χ1) is 8.25. The highest BCUT2D eigenvalue weighted by molar-refractivity contribution is 9.10. The van der Waals surface area contributed by atoms with E-state index in [1.807, 2.05) is 0 Å². The van der Waals surface area contributed by atoms with Gasteiger partial charge in [0, 0.05) is 4.47 Å². The van der Waals surface area contributed by atoms with Crippen LogP contribution in [0.1, 0.15) is 13.3 Å². The third-order valence-corrected chi connectivity index (χ3v) is 3.87. The zero-order valence-corrected chi connectivity index (χ0v) is 12.1. The Labute approximate surface area is 114 Å². The van der Waals surface area contributed by atoms with Gasteiger partial charge in [0.1, 0.15) is 0 Å². The standard InChI is InChI=1S/C10H14BrN3O3S/c1-2-8(12)10(15)14-9-4-3-6(5-7(9)11)18(13,16)17/h3-5,8H,2,12H2,1H3,(H,14,15)(H2,13,16,17). The molecule has 0 aliphatic carbocycles. The number of hydrogen-bond donors (Lipinski definition) is 3. The number of benzene rings is 1. The van der Waals surface area contributed by atoms with Crippen LogP contribution in [0.5, 0.6) is 0 Å². The van der Waals surface area contributed by atoms with Crippen molar-refractivity contribution in [2.75, 3.05) is 5.32 Å². The largest absolute Gasteiger partial charge is 0.324 e. The van der Waals surface area contributed by atoms with Crippen LogP contribution in [-0.2, 0) is 14.8 Å². The molecule has 8 heteroatoms. The molecule has 0 spiro atoms. The van der Waals surface area contributed by atoms with Crippen molar-refractivity contribution in [3.8, 4) is 0 Å². The average Bonchev–Trinajstić information content (AvgIpc) is 2.29. The zero-order chi connectivity index (χ0) is 13.9. The van der Waals surface area contributed by atoms with Crippen molar-refractivity contribution >= 4 is 37.5 Å². The van der Waals surface area contributed by atoms with E-state index >= 15 is 0 Å². The minimum atomic E-state index is -3.76. The SMILES string of the molecule is CCC(N)C(=O)Nc1ccc(S(N)(=O)=O)cc1Br. The lowest BCUT2D eigenvalue weighted by molar-refractivity contribution is -0.117. The van der Waals surface area contributed by atoms with Crippen molar-refractivity contribution in [3.63, 3.8) is 0 Å². The van der Waals surface area contributed by atoms with Gasteiger partial charge in [0.25, 0.3) is 0 Å². The lowest BCUT2D eigenvalue weighted by atomic mass is 10.2. The topological polar surface area (TPSA) is 115 Å². The molecule has 1 amide bonds. The number of sulfonamides is 1. The van der Waals surface area contributed by atoms with Crippen LogP contribution in [-0.4, -0.2) is 20.4 Å². The van der Waals surface area contributed by atoms with Crippen LogP contribution in [0, 0.1) is 0 Å². The van der Waals surface area contributed by atoms with E-state index in [2.05, 4.69) is 21.2 Å². The molecule has 1 atom stereocenters. The van der Waals surface area contributed by atoms with Gasteiger partial charge in [-0.05, 0) is 40.5 Å². The van der Waals surface area contributed by atoms with Crippen LogP contribution in [0.2, 0.25) is 0 Å². The first-order valence-electron chi connectivity index (χ1n) is 5.14. The second-order valence-corrected chi connectivity index (χ2v) is 6.11. The van der Waals surface area contributed by atoms with Gasteiger partial charge in [-0.2, -0.15) is 0 Å². The summed E-state index contributed by atoms with van der Waals surface area (Å²) in [6, 6.07) is 3.48. The van der Waals surface area contributed by atoms with Crippen LogP contribution in [0.4, 0.5) is 5.69 Å². The monoisotopic (exact) mass is 335 g/mol. The number of nitrogens with two attached hydrogens (primary N) is 2. The lowest BCUT2D eigenvalue weighted by Gasteiger charge is -2.12. The van der Waals surface area contributed by atoms with Crippen molar-refractivity contribution in [3.05, 3.63) is 22.7 Å². The van der Waals surface area contributed by atoms with Gasteiger partial charge in [0.15, 0.2) is 0 Å². The van der Waals surface area contributed by atoms with Crippen molar-refractivity contribution in [1.82, 2.24) is 0 Å². The van der Waals surface area contributed by atoms with Crippen molar-refractivity contribution in [2.24, 2.45) is 10.9 Å². The summed E-state index contributed by atoms with van der Waals surface area (Å²) in [5.41, 5.74) is 6.01. The molecule has 0 saturated heterocycles. The molecule has 1 unspecified atom stereocenters. The number of carbonyl (C=O) groups excluding carboxylic acids is 1. The molecule has 1 rings (SSSR count). The molecule has 18 heavy (non-hydrogen) atoms. The number of anilines is 1. The molecule has 6 nitrogen and oxygen atoms in total. The Morgan fingerprint density at radius 1 is 1.50 bits per heavy atom. The molecule has 0 aromatic heterocycles. The molecule has 0 saturated carbocycles. The Morgan fingerprint density at radius 3 is 2.56 bits per heavy atom. The summed E-state index contributed by atoms with van der Waals surface area (Å²) in [5.74, 6) is -0.332. The average molecular weight is 336 g/mol. The van der Waals surface area contributed by atoms with E-state index in [-0.39, 0.29) is 10.8 Å². The van der Waals surface area contributed by atoms with E-state index in [0.717, 1.165) is 0 Å². The third kappa shape index (κ3) is 3.77. The number of rotatable bonds is 4. The summed E-state index contributed by atoms with van der Waals surface area (Å²) in [4.78, 5) is 11.5. The zero-order valence-electron chi connectivity index (χ0n) is 9.68. The van der Waals surface area contributed by atoms with Gasteiger partial charge in [-0.15, -0.1) is 0 Å². The van der Waals surface area contributed by atoms with Crippen LogP contribution in [0.15, 0.2) is 27.6 Å². The Bertz CT molecular complexity index is 559. The molecular formula is C10H14BrN3O3S. The van der Waals surface area contributed by atoms with E-state index in [9.17, 15) is 13.2 Å². The number of hydrogen-bond acceptors (Lipinski definition) is 4. The van der Waals surface area contributed by atoms with Gasteiger partial charge in [-0.1, -0.05) is 6.92 Å². The normalized spacial score (nSPS) is 13.1. The maximum absolute atomic E-state index is 11.6. The maximum atomic E-state index is 11.6. The number of primary sulfonamides is 1. The minimum absolute atomic E-state index is 0.0350. The number of nitrogens with one attached hydrogen (secondary N) is 1. The molecule has 0 radical (unpaired) electrons. The van der Waals surface area contributed by atoms with Crippen LogP contribution >= 0.6 is 15.9 Å². The van der Waals surface area contributed by atoms with E-state index in [1.165, 1.54) is 18.2 Å². The summed E-state index contributed by atoms with van der Waals surface area (Å²) in [6.45, 7) is 1.80. The second-order valence-electron chi connectivity index (χ2n) is 3.69. The Hall–Kier alpha value is -0.960. The maximum Gasteiger partial charge on any atom is 0.241 e. The smallest absolute Gasteiger partial charge is 0.241 e. The first kappa shape index (κ1) is 15.1. The highest BCUT2D eigenvalue weighted by atomic mass is 79.9. The van der Waals surface area contributed by atoms with Gasteiger partial charge in [-0.25, -0.2) is 13.6 Å². The Balaban J connectivity index is 2.97. The molecule has 0 heterocycles. The van der Waals surface area contributed by atoms with Crippen LogP contribution in [0.25, 0.3) is 0 Å². The number of carbonyl (C=O) groups is 1. The van der Waals surface area contributed by atoms with Gasteiger partial charge in [0.2, 0.25) is 15.9 Å². The molecule has 0 aliphatic rings. The summed E-state index contributed by atoms with van der Waals surface area (Å²) in [5, 5.41) is 7.58. The van der Waals surface area contributed by atoms with Crippen molar-refractivity contribution in [2.45, 2.75) is 24.3 Å². The molecular weight excluding hydrogens is 322 g/mol. The van der Waals surface area contributed by atoms with E-state index < -0.39 is 16.1 Å². The highest BCUT2D eigenvalue weighted by Crippen LogP contribution is 2.25. The number of halogens is 1. The number of amides is 1. The van der Waals surface area contributed by atoms with Gasteiger partial charge < -0.3 is 11.1 Å². The van der Waals surface area contributed by atoms with Crippen molar-refractivity contribution < 1.29 is 13.2 Å². The van der Waals surface area contributed by atoms with Gasteiger partial charge in [-0.3, -0.25) is 4.79 Å². The second kappa shape index (κ2) is 5.79. The quantitative estimate of drug-likeness (QED) is 0.753. The van der Waals surface area contributed by atoms with Crippen LogP contribution < -0.4 is 16.2 Å². The molecule has 0 aliphatic heterocycles. The minimum Gasteiger partial charge on any atom is -0.324 e. The fourth-order valence-electron chi connectivity index (χ4n) is 1.19. The molecule has 100 valence electrons. The predicted molar refractivity (Wildman–Crippen MR) is 72.4 cm³/mol. The molecule has 0 bridgehead atoms. The third-order valence-electron chi connectivity index (χ3n) is 2.30. The first-order valence-corrected chi connectivity index (χ1v) is 7.48. The molecule has 1 aromatic carbocycles. The van der Waals surface area contributed by atoms with E-state index in [0.29, 0.717) is 16.6 Å². The summed E-state index contributed by atoms with van der Waals surface area (Å²) in [6.07, 6.45) is 0.513. The lowest BCUT2D eigenvalue weighted by Crippen LogP contribution is -2.34. The molecule has 0 fully saturated rings.